The predicted octanol–water partition coefficient (Wildman–Crippen LogP) is 0.253. The number of carbonyl (C=O) groups excluding carboxylic acids is 3. The van der Waals surface area contributed by atoms with Gasteiger partial charge in [-0.15, -0.1) is 5.10 Å². The summed E-state index contributed by atoms with van der Waals surface area (Å²) in [6, 6.07) is 4.80. The van der Waals surface area contributed by atoms with Crippen LogP contribution in [0.3, 0.4) is 0 Å². The third-order valence-corrected chi connectivity index (χ3v) is 6.45. The number of rotatable bonds is 4. The number of fused-ring (bicyclic) bond motifs is 1. The van der Waals surface area contributed by atoms with E-state index in [4.69, 9.17) is 4.74 Å². The van der Waals surface area contributed by atoms with Gasteiger partial charge < -0.3 is 15.0 Å². The summed E-state index contributed by atoms with van der Waals surface area (Å²) in [7, 11) is 0. The Labute approximate surface area is 178 Å². The van der Waals surface area contributed by atoms with Crippen LogP contribution in [0.5, 0.6) is 0 Å². The molecule has 31 heavy (non-hydrogen) atoms. The van der Waals surface area contributed by atoms with E-state index in [2.05, 4.69) is 27.9 Å². The summed E-state index contributed by atoms with van der Waals surface area (Å²) in [5.74, 6) is -0.930. The lowest BCUT2D eigenvalue weighted by molar-refractivity contribution is -0.136. The highest BCUT2D eigenvalue weighted by Gasteiger charge is 2.40. The number of imide groups is 1. The number of carbonyl (C=O) groups is 3. The van der Waals surface area contributed by atoms with Gasteiger partial charge in [0.1, 0.15) is 11.7 Å². The molecule has 1 aromatic carbocycles. The van der Waals surface area contributed by atoms with Crippen LogP contribution in [-0.4, -0.2) is 63.4 Å². The van der Waals surface area contributed by atoms with Gasteiger partial charge in [-0.3, -0.25) is 19.7 Å². The van der Waals surface area contributed by atoms with Crippen LogP contribution in [0.1, 0.15) is 47.8 Å². The number of aromatic nitrogens is 3. The monoisotopic (exact) mass is 424 g/mol. The highest BCUT2D eigenvalue weighted by Crippen LogP contribution is 2.32. The van der Waals surface area contributed by atoms with Crippen LogP contribution in [0.4, 0.5) is 0 Å². The minimum Gasteiger partial charge on any atom is -0.378 e. The molecule has 2 fully saturated rings. The average molecular weight is 424 g/mol. The van der Waals surface area contributed by atoms with E-state index in [0.29, 0.717) is 25.2 Å². The summed E-state index contributed by atoms with van der Waals surface area (Å²) in [5, 5.41) is 14.6. The van der Waals surface area contributed by atoms with Gasteiger partial charge in [0.05, 0.1) is 30.6 Å². The SMILES string of the molecule is CCC1(c2cn(-c3cccc4c3CN(C3CCC(=O)NC3=O)C4=O)nn2)COCCN1. The Morgan fingerprint density at radius 1 is 1.29 bits per heavy atom. The second-order valence-corrected chi connectivity index (χ2v) is 8.17. The smallest absolute Gasteiger partial charge is 0.255 e. The minimum atomic E-state index is -0.649. The third-order valence-electron chi connectivity index (χ3n) is 6.45. The van der Waals surface area contributed by atoms with E-state index < -0.39 is 11.9 Å². The van der Waals surface area contributed by atoms with E-state index in [1.54, 1.807) is 16.8 Å². The van der Waals surface area contributed by atoms with E-state index in [1.807, 2.05) is 12.3 Å². The number of nitrogens with one attached hydrogen (secondary N) is 2. The van der Waals surface area contributed by atoms with Gasteiger partial charge in [-0.1, -0.05) is 18.2 Å². The van der Waals surface area contributed by atoms with Crippen molar-refractivity contribution in [3.63, 3.8) is 0 Å². The molecule has 0 radical (unpaired) electrons. The van der Waals surface area contributed by atoms with Crippen molar-refractivity contribution in [2.45, 2.75) is 44.3 Å². The number of ether oxygens (including phenoxy) is 1. The number of hydrogen-bond acceptors (Lipinski definition) is 7. The van der Waals surface area contributed by atoms with Gasteiger partial charge in [0.2, 0.25) is 11.8 Å². The van der Waals surface area contributed by atoms with Crippen LogP contribution in [-0.2, 0) is 26.4 Å². The molecule has 5 rings (SSSR count). The molecule has 0 spiro atoms. The Morgan fingerprint density at radius 2 is 2.16 bits per heavy atom. The number of amides is 3. The van der Waals surface area contributed by atoms with Gasteiger partial charge in [-0.2, -0.15) is 0 Å². The molecule has 4 heterocycles. The molecule has 10 heteroatoms. The molecule has 0 bridgehead atoms. The summed E-state index contributed by atoms with van der Waals surface area (Å²) in [4.78, 5) is 38.4. The Kier molecular flexibility index (Phi) is 4.82. The number of morpholine rings is 1. The lowest BCUT2D eigenvalue weighted by Gasteiger charge is -2.35. The first-order valence-corrected chi connectivity index (χ1v) is 10.5. The van der Waals surface area contributed by atoms with Crippen molar-refractivity contribution in [1.29, 1.82) is 0 Å². The topological polar surface area (TPSA) is 118 Å². The van der Waals surface area contributed by atoms with E-state index in [9.17, 15) is 14.4 Å². The first-order chi connectivity index (χ1) is 15.0. The maximum Gasteiger partial charge on any atom is 0.255 e. The summed E-state index contributed by atoms with van der Waals surface area (Å²) in [6.07, 6.45) is 3.24. The number of piperidine rings is 1. The summed E-state index contributed by atoms with van der Waals surface area (Å²) in [6.45, 7) is 4.30. The van der Waals surface area contributed by atoms with Crippen LogP contribution in [0.25, 0.3) is 5.69 Å². The van der Waals surface area contributed by atoms with Crippen molar-refractivity contribution in [2.75, 3.05) is 19.8 Å². The summed E-state index contributed by atoms with van der Waals surface area (Å²) in [5.41, 5.74) is 2.50. The average Bonchev–Trinajstić information content (AvgIpc) is 3.40. The van der Waals surface area contributed by atoms with Crippen molar-refractivity contribution in [3.8, 4) is 5.69 Å². The van der Waals surface area contributed by atoms with Gasteiger partial charge >= 0.3 is 0 Å². The van der Waals surface area contributed by atoms with Crippen LogP contribution in [0, 0.1) is 0 Å². The molecule has 162 valence electrons. The minimum absolute atomic E-state index is 0.209. The van der Waals surface area contributed by atoms with Crippen molar-refractivity contribution < 1.29 is 19.1 Å². The van der Waals surface area contributed by atoms with Crippen molar-refractivity contribution >= 4 is 17.7 Å². The van der Waals surface area contributed by atoms with Crippen LogP contribution >= 0.6 is 0 Å². The van der Waals surface area contributed by atoms with E-state index in [0.717, 1.165) is 29.9 Å². The van der Waals surface area contributed by atoms with Gasteiger partial charge in [0.25, 0.3) is 5.91 Å². The quantitative estimate of drug-likeness (QED) is 0.676. The molecule has 2 N–H and O–H groups in total. The molecule has 2 saturated heterocycles. The highest BCUT2D eigenvalue weighted by atomic mass is 16.5. The molecule has 3 aliphatic rings. The zero-order valence-electron chi connectivity index (χ0n) is 17.3. The molecular weight excluding hydrogens is 400 g/mol. The molecule has 2 unspecified atom stereocenters. The second-order valence-electron chi connectivity index (χ2n) is 8.17. The highest BCUT2D eigenvalue weighted by molar-refractivity contribution is 6.05. The van der Waals surface area contributed by atoms with Crippen LogP contribution < -0.4 is 10.6 Å². The molecule has 2 aromatic rings. The molecule has 3 amide bonds. The molecule has 3 aliphatic heterocycles. The van der Waals surface area contributed by atoms with Gasteiger partial charge in [0.15, 0.2) is 0 Å². The lowest BCUT2D eigenvalue weighted by atomic mass is 9.92. The Morgan fingerprint density at radius 3 is 2.90 bits per heavy atom. The van der Waals surface area contributed by atoms with Gasteiger partial charge in [-0.25, -0.2) is 4.68 Å². The molecule has 1 aromatic heterocycles. The molecule has 0 saturated carbocycles. The van der Waals surface area contributed by atoms with Gasteiger partial charge in [-0.05, 0) is 25.0 Å². The van der Waals surface area contributed by atoms with E-state index in [-0.39, 0.29) is 30.3 Å². The van der Waals surface area contributed by atoms with Crippen LogP contribution in [0.15, 0.2) is 24.4 Å². The third kappa shape index (κ3) is 3.22. The van der Waals surface area contributed by atoms with E-state index >= 15 is 0 Å². The van der Waals surface area contributed by atoms with Crippen molar-refractivity contribution in [2.24, 2.45) is 0 Å². The fourth-order valence-electron chi connectivity index (χ4n) is 4.62. The first-order valence-electron chi connectivity index (χ1n) is 10.5. The molecular formula is C21H24N6O4. The molecule has 10 nitrogen and oxygen atoms in total. The fraction of sp³-hybridized carbons (Fsp3) is 0.476. The largest absolute Gasteiger partial charge is 0.378 e. The molecule has 0 aliphatic carbocycles. The predicted molar refractivity (Wildman–Crippen MR) is 108 cm³/mol. The summed E-state index contributed by atoms with van der Waals surface area (Å²) < 4.78 is 7.36. The maximum atomic E-state index is 13.0. The summed E-state index contributed by atoms with van der Waals surface area (Å²) >= 11 is 0. The Hall–Kier alpha value is -3.11. The Bertz CT molecular complexity index is 1060. The molecule has 2 atom stereocenters. The number of benzene rings is 1. The van der Waals surface area contributed by atoms with Crippen molar-refractivity contribution in [3.05, 3.63) is 41.2 Å². The second kappa shape index (κ2) is 7.54. The number of nitrogens with zero attached hydrogens (tertiary/aromatic N) is 4. The first kappa shape index (κ1) is 19.8. The van der Waals surface area contributed by atoms with Crippen molar-refractivity contribution in [1.82, 2.24) is 30.5 Å². The zero-order chi connectivity index (χ0) is 21.6. The number of hydrogen-bond donors (Lipinski definition) is 2. The Balaban J connectivity index is 1.46. The maximum absolute atomic E-state index is 13.0. The fourth-order valence-corrected chi connectivity index (χ4v) is 4.62. The lowest BCUT2D eigenvalue weighted by Crippen LogP contribution is -2.52. The van der Waals surface area contributed by atoms with Crippen LogP contribution in [0.2, 0.25) is 0 Å². The van der Waals surface area contributed by atoms with Gasteiger partial charge in [0, 0.05) is 30.6 Å². The normalized spacial score (nSPS) is 26.2. The van der Waals surface area contributed by atoms with E-state index in [1.165, 1.54) is 4.90 Å². The standard InChI is InChI=1S/C21H24N6O4/c1-2-21(12-31-9-8-22-21)17-11-27(25-24-17)15-5-3-4-13-14(15)10-26(20(13)30)16-6-7-18(28)23-19(16)29/h3-5,11,16,22H,2,6-10,12H2,1H3,(H,23,28,29). The zero-order valence-corrected chi connectivity index (χ0v) is 17.3.